The number of nitrogens with zero attached hydrogens (tertiary/aromatic N) is 1. The van der Waals surface area contributed by atoms with Gasteiger partial charge in [0.2, 0.25) is 15.9 Å². The van der Waals surface area contributed by atoms with E-state index in [9.17, 15) is 13.2 Å². The quantitative estimate of drug-likeness (QED) is 0.607. The zero-order valence-electron chi connectivity index (χ0n) is 18.4. The Kier molecular flexibility index (Phi) is 7.94. The van der Waals surface area contributed by atoms with Crippen molar-refractivity contribution in [3.8, 4) is 17.2 Å². The zero-order valence-corrected chi connectivity index (χ0v) is 19.2. The lowest BCUT2D eigenvalue weighted by atomic mass is 10.1. The van der Waals surface area contributed by atoms with Gasteiger partial charge in [-0.2, -0.15) is 4.31 Å². The number of carbonyl (C=O) groups is 1. The molecule has 3 rings (SSSR count). The Bertz CT molecular complexity index is 1030. The molecule has 1 aliphatic heterocycles. The van der Waals surface area contributed by atoms with Gasteiger partial charge in [-0.25, -0.2) is 8.42 Å². The molecule has 1 aliphatic rings. The summed E-state index contributed by atoms with van der Waals surface area (Å²) in [5.74, 6) is 1.27. The molecule has 2 aromatic carbocycles. The van der Waals surface area contributed by atoms with Crippen LogP contribution in [-0.4, -0.2) is 66.3 Å². The van der Waals surface area contributed by atoms with Gasteiger partial charge in [0, 0.05) is 31.3 Å². The number of hydrogen-bond donors (Lipinski definition) is 1. The molecular formula is C22H28N2O7S. The van der Waals surface area contributed by atoms with Crippen LogP contribution in [0.5, 0.6) is 17.2 Å². The van der Waals surface area contributed by atoms with E-state index in [0.29, 0.717) is 36.8 Å². The smallest absolute Gasteiger partial charge is 0.246 e. The molecule has 1 saturated heterocycles. The largest absolute Gasteiger partial charge is 0.497 e. The van der Waals surface area contributed by atoms with Crippen molar-refractivity contribution in [1.82, 2.24) is 4.31 Å². The van der Waals surface area contributed by atoms with E-state index in [1.165, 1.54) is 23.5 Å². The van der Waals surface area contributed by atoms with Crippen LogP contribution in [0, 0.1) is 0 Å². The molecule has 0 radical (unpaired) electrons. The van der Waals surface area contributed by atoms with E-state index in [4.69, 9.17) is 18.9 Å². The van der Waals surface area contributed by atoms with Crippen LogP contribution in [0.4, 0.5) is 5.69 Å². The highest BCUT2D eigenvalue weighted by Crippen LogP contribution is 2.30. The topological polar surface area (TPSA) is 103 Å². The molecule has 1 N–H and O–H groups in total. The zero-order chi connectivity index (χ0) is 23.1. The van der Waals surface area contributed by atoms with E-state index in [1.807, 2.05) is 12.1 Å². The van der Waals surface area contributed by atoms with Crippen molar-refractivity contribution in [3.05, 3.63) is 42.0 Å². The summed E-state index contributed by atoms with van der Waals surface area (Å²) in [5.41, 5.74) is 1.27. The molecule has 0 spiro atoms. The van der Waals surface area contributed by atoms with Gasteiger partial charge in [0.25, 0.3) is 0 Å². The number of carbonyl (C=O) groups excluding carboxylic acids is 1. The lowest BCUT2D eigenvalue weighted by Gasteiger charge is -2.26. The van der Waals surface area contributed by atoms with Crippen molar-refractivity contribution in [1.29, 1.82) is 0 Å². The third-order valence-corrected chi connectivity index (χ3v) is 7.01. The molecule has 1 heterocycles. The number of aryl methyl sites for hydroxylation is 1. The van der Waals surface area contributed by atoms with Gasteiger partial charge in [0.1, 0.15) is 22.1 Å². The van der Waals surface area contributed by atoms with Gasteiger partial charge in [-0.15, -0.1) is 0 Å². The molecule has 10 heteroatoms. The maximum atomic E-state index is 13.1. The first-order chi connectivity index (χ1) is 15.4. The number of amides is 1. The predicted octanol–water partition coefficient (Wildman–Crippen LogP) is 2.30. The minimum absolute atomic E-state index is 0.0113. The summed E-state index contributed by atoms with van der Waals surface area (Å²) < 4.78 is 48.6. The van der Waals surface area contributed by atoms with Crippen LogP contribution >= 0.6 is 0 Å². The first kappa shape index (κ1) is 23.8. The van der Waals surface area contributed by atoms with Crippen LogP contribution in [0.15, 0.2) is 41.3 Å². The van der Waals surface area contributed by atoms with Crippen molar-refractivity contribution in [2.24, 2.45) is 0 Å². The Hall–Kier alpha value is -2.82. The van der Waals surface area contributed by atoms with Crippen LogP contribution in [0.1, 0.15) is 12.0 Å². The Morgan fingerprint density at radius 2 is 1.66 bits per heavy atom. The van der Waals surface area contributed by atoms with E-state index in [0.717, 1.165) is 5.56 Å². The van der Waals surface area contributed by atoms with Crippen molar-refractivity contribution in [3.63, 3.8) is 0 Å². The Labute approximate surface area is 188 Å². The number of nitrogens with one attached hydrogen (secondary N) is 1. The number of benzene rings is 2. The molecule has 1 amide bonds. The van der Waals surface area contributed by atoms with Gasteiger partial charge in [-0.1, -0.05) is 0 Å². The van der Waals surface area contributed by atoms with Crippen molar-refractivity contribution in [2.75, 3.05) is 52.9 Å². The van der Waals surface area contributed by atoms with Gasteiger partial charge in [-0.3, -0.25) is 4.79 Å². The summed E-state index contributed by atoms with van der Waals surface area (Å²) in [6, 6.07) is 10.0. The van der Waals surface area contributed by atoms with Crippen LogP contribution < -0.4 is 19.5 Å². The highest BCUT2D eigenvalue weighted by atomic mass is 32.2. The number of ether oxygens (including phenoxy) is 4. The first-order valence-corrected chi connectivity index (χ1v) is 11.6. The minimum Gasteiger partial charge on any atom is -0.497 e. The second-order valence-electron chi connectivity index (χ2n) is 7.15. The molecule has 0 bridgehead atoms. The number of rotatable bonds is 9. The van der Waals surface area contributed by atoms with E-state index < -0.39 is 10.0 Å². The van der Waals surface area contributed by atoms with Gasteiger partial charge >= 0.3 is 0 Å². The van der Waals surface area contributed by atoms with Crippen LogP contribution in [0.2, 0.25) is 0 Å². The van der Waals surface area contributed by atoms with Crippen LogP contribution in [0.25, 0.3) is 0 Å². The van der Waals surface area contributed by atoms with Gasteiger partial charge in [-0.05, 0) is 42.3 Å². The van der Waals surface area contributed by atoms with Crippen molar-refractivity contribution in [2.45, 2.75) is 17.7 Å². The number of morpholine rings is 1. The molecule has 0 unspecified atom stereocenters. The first-order valence-electron chi connectivity index (χ1n) is 10.1. The van der Waals surface area contributed by atoms with Crippen molar-refractivity contribution < 1.29 is 32.2 Å². The molecule has 0 aliphatic carbocycles. The molecule has 2 aromatic rings. The highest BCUT2D eigenvalue weighted by Gasteiger charge is 2.29. The Morgan fingerprint density at radius 1 is 1.00 bits per heavy atom. The lowest BCUT2D eigenvalue weighted by Crippen LogP contribution is -2.40. The van der Waals surface area contributed by atoms with Crippen molar-refractivity contribution >= 4 is 21.6 Å². The summed E-state index contributed by atoms with van der Waals surface area (Å²) in [6.07, 6.45) is 0.669. The fourth-order valence-corrected chi connectivity index (χ4v) is 4.96. The third kappa shape index (κ3) is 5.70. The average molecular weight is 465 g/mol. The number of sulfonamides is 1. The highest BCUT2D eigenvalue weighted by molar-refractivity contribution is 7.89. The standard InChI is InChI=1S/C22H28N2O7S/c1-28-18-12-16(13-19(15-18)29-2)4-7-22(25)23-17-5-6-20(30-3)21(14-17)32(26,27)24-8-10-31-11-9-24/h5-6,12-15H,4,7-11H2,1-3H3,(H,23,25). The minimum atomic E-state index is -3.78. The second-order valence-corrected chi connectivity index (χ2v) is 9.06. The number of hydrogen-bond acceptors (Lipinski definition) is 7. The van der Waals surface area contributed by atoms with Gasteiger partial charge < -0.3 is 24.3 Å². The maximum Gasteiger partial charge on any atom is 0.246 e. The summed E-state index contributed by atoms with van der Waals surface area (Å²) in [7, 11) is 0.760. The molecule has 1 fully saturated rings. The summed E-state index contributed by atoms with van der Waals surface area (Å²) in [5, 5.41) is 2.77. The lowest BCUT2D eigenvalue weighted by molar-refractivity contribution is -0.116. The molecular weight excluding hydrogens is 436 g/mol. The molecule has 0 atom stereocenters. The van der Waals surface area contributed by atoms with E-state index in [1.54, 1.807) is 26.4 Å². The van der Waals surface area contributed by atoms with E-state index in [-0.39, 0.29) is 36.1 Å². The molecule has 174 valence electrons. The average Bonchev–Trinajstić information content (AvgIpc) is 2.83. The summed E-state index contributed by atoms with van der Waals surface area (Å²) in [4.78, 5) is 12.5. The third-order valence-electron chi connectivity index (χ3n) is 5.09. The molecule has 9 nitrogen and oxygen atoms in total. The van der Waals surface area contributed by atoms with E-state index >= 15 is 0 Å². The number of anilines is 1. The predicted molar refractivity (Wildman–Crippen MR) is 119 cm³/mol. The van der Waals surface area contributed by atoms with Crippen LogP contribution in [0.3, 0.4) is 0 Å². The van der Waals surface area contributed by atoms with Gasteiger partial charge in [0.05, 0.1) is 34.5 Å². The molecule has 0 aromatic heterocycles. The SMILES string of the molecule is COc1cc(CCC(=O)Nc2ccc(OC)c(S(=O)(=O)N3CCOCC3)c2)cc(OC)c1. The maximum absolute atomic E-state index is 13.1. The second kappa shape index (κ2) is 10.7. The van der Waals surface area contributed by atoms with Crippen LogP contribution in [-0.2, 0) is 26.0 Å². The Morgan fingerprint density at radius 3 is 2.25 bits per heavy atom. The van der Waals surface area contributed by atoms with E-state index in [2.05, 4.69) is 5.32 Å². The fraction of sp³-hybridized carbons (Fsp3) is 0.409. The summed E-state index contributed by atoms with van der Waals surface area (Å²) >= 11 is 0. The normalized spacial score (nSPS) is 14.6. The monoisotopic (exact) mass is 464 g/mol. The summed E-state index contributed by atoms with van der Waals surface area (Å²) in [6.45, 7) is 1.22. The number of methoxy groups -OCH3 is 3. The molecule has 32 heavy (non-hydrogen) atoms. The van der Waals surface area contributed by atoms with Gasteiger partial charge in [0.15, 0.2) is 0 Å². The molecule has 0 saturated carbocycles. The fourth-order valence-electron chi connectivity index (χ4n) is 3.37. The Balaban J connectivity index is 1.72.